The number of hydrogen-bond donors (Lipinski definition) is 1. The summed E-state index contributed by atoms with van der Waals surface area (Å²) in [6.45, 7) is 0. The Balaban J connectivity index is 1.46. The fourth-order valence-corrected chi connectivity index (χ4v) is 4.03. The van der Waals surface area contributed by atoms with Crippen molar-refractivity contribution in [3.8, 4) is 11.5 Å². The average Bonchev–Trinajstić information content (AvgIpc) is 3.23. The summed E-state index contributed by atoms with van der Waals surface area (Å²) in [4.78, 5) is 17.8. The van der Waals surface area contributed by atoms with E-state index in [0.29, 0.717) is 22.4 Å². The van der Waals surface area contributed by atoms with Gasteiger partial charge in [0.15, 0.2) is 5.58 Å². The molecule has 5 rings (SSSR count). The normalized spacial score (nSPS) is 11.1. The molecule has 0 radical (unpaired) electrons. The molecule has 0 aliphatic carbocycles. The van der Waals surface area contributed by atoms with Crippen LogP contribution in [-0.2, 0) is 4.79 Å². The van der Waals surface area contributed by atoms with Crippen LogP contribution < -0.4 is 5.32 Å². The van der Waals surface area contributed by atoms with E-state index in [1.54, 1.807) is 18.2 Å². The minimum absolute atomic E-state index is 0.156. The van der Waals surface area contributed by atoms with Crippen LogP contribution in [0.25, 0.3) is 22.6 Å². The Labute approximate surface area is 194 Å². The van der Waals surface area contributed by atoms with Crippen molar-refractivity contribution in [3.63, 3.8) is 0 Å². The van der Waals surface area contributed by atoms with E-state index in [1.165, 1.54) is 18.2 Å². The lowest BCUT2D eigenvalue weighted by molar-refractivity contribution is -0.116. The van der Waals surface area contributed by atoms with Gasteiger partial charge in [0.1, 0.15) is 11.3 Å². The second kappa shape index (κ2) is 8.88. The minimum atomic E-state index is -0.464. The van der Waals surface area contributed by atoms with Gasteiger partial charge in [-0.2, -0.15) is 0 Å². The van der Waals surface area contributed by atoms with E-state index in [0.717, 1.165) is 11.1 Å². The van der Waals surface area contributed by atoms with E-state index >= 15 is 0 Å². The molecule has 6 heteroatoms. The molecule has 0 saturated heterocycles. The van der Waals surface area contributed by atoms with Crippen LogP contribution in [0.1, 0.15) is 17.0 Å². The highest BCUT2D eigenvalue weighted by Crippen LogP contribution is 2.32. The third-order valence-corrected chi connectivity index (χ3v) is 5.66. The number of halogens is 2. The summed E-state index contributed by atoms with van der Waals surface area (Å²) < 4.78 is 19.2. The second-order valence-electron chi connectivity index (χ2n) is 7.57. The van der Waals surface area contributed by atoms with Crippen LogP contribution in [-0.4, -0.2) is 10.9 Å². The first-order chi connectivity index (χ1) is 16.1. The fraction of sp³-hybridized carbons (Fsp3) is 0.0370. The minimum Gasteiger partial charge on any atom is -0.436 e. The molecule has 0 spiro atoms. The number of nitrogens with zero attached hydrogens (tertiary/aromatic N) is 1. The smallest absolute Gasteiger partial charge is 0.236 e. The van der Waals surface area contributed by atoms with Crippen molar-refractivity contribution in [2.75, 3.05) is 5.32 Å². The van der Waals surface area contributed by atoms with E-state index in [1.807, 2.05) is 60.7 Å². The number of aromatic nitrogens is 1. The first kappa shape index (κ1) is 20.9. The summed E-state index contributed by atoms with van der Waals surface area (Å²) in [6, 6.07) is 28.6. The van der Waals surface area contributed by atoms with E-state index < -0.39 is 11.7 Å². The number of carbonyl (C=O) groups excluding carboxylic acids is 1. The number of oxazole rings is 1. The number of nitrogens with one attached hydrogen (secondary N) is 1. The summed E-state index contributed by atoms with van der Waals surface area (Å²) in [5, 5.41) is 3.21. The number of anilines is 1. The SMILES string of the molecule is O=C(Nc1ccc2oc(-c3ccc(F)cc3Cl)nc2c1)C(c1ccccc1)c1ccccc1. The third kappa shape index (κ3) is 4.36. The zero-order valence-corrected chi connectivity index (χ0v) is 18.1. The number of amides is 1. The summed E-state index contributed by atoms with van der Waals surface area (Å²) >= 11 is 6.15. The maximum Gasteiger partial charge on any atom is 0.236 e. The van der Waals surface area contributed by atoms with Gasteiger partial charge in [-0.15, -0.1) is 0 Å². The Bertz CT molecular complexity index is 1400. The molecule has 1 heterocycles. The number of rotatable bonds is 5. The molecule has 0 atom stereocenters. The molecular formula is C27H18ClFN2O2. The fourth-order valence-electron chi connectivity index (χ4n) is 3.78. The lowest BCUT2D eigenvalue weighted by Crippen LogP contribution is -2.22. The number of carbonyl (C=O) groups is 1. The molecule has 4 aromatic carbocycles. The van der Waals surface area contributed by atoms with Gasteiger partial charge in [0.05, 0.1) is 16.5 Å². The van der Waals surface area contributed by atoms with Crippen LogP contribution in [0.4, 0.5) is 10.1 Å². The Morgan fingerprint density at radius 3 is 2.18 bits per heavy atom. The molecule has 1 N–H and O–H groups in total. The van der Waals surface area contributed by atoms with Crippen LogP contribution in [0, 0.1) is 5.82 Å². The largest absolute Gasteiger partial charge is 0.436 e. The quantitative estimate of drug-likeness (QED) is 0.308. The van der Waals surface area contributed by atoms with Gasteiger partial charge in [-0.05, 0) is 47.5 Å². The van der Waals surface area contributed by atoms with Crippen LogP contribution in [0.15, 0.2) is 101 Å². The topological polar surface area (TPSA) is 55.1 Å². The average molecular weight is 457 g/mol. The van der Waals surface area contributed by atoms with Gasteiger partial charge >= 0.3 is 0 Å². The van der Waals surface area contributed by atoms with Gasteiger partial charge in [-0.1, -0.05) is 72.3 Å². The molecule has 4 nitrogen and oxygen atoms in total. The zero-order valence-electron chi connectivity index (χ0n) is 17.3. The lowest BCUT2D eigenvalue weighted by atomic mass is 9.90. The van der Waals surface area contributed by atoms with Gasteiger partial charge in [-0.25, -0.2) is 9.37 Å². The summed E-state index contributed by atoms with van der Waals surface area (Å²) in [7, 11) is 0. The molecule has 0 fully saturated rings. The van der Waals surface area contributed by atoms with Crippen molar-refractivity contribution in [2.24, 2.45) is 0 Å². The monoisotopic (exact) mass is 456 g/mol. The van der Waals surface area contributed by atoms with E-state index in [2.05, 4.69) is 10.3 Å². The summed E-state index contributed by atoms with van der Waals surface area (Å²) in [5.74, 6) is -0.771. The van der Waals surface area contributed by atoms with E-state index in [9.17, 15) is 9.18 Å². The molecule has 162 valence electrons. The van der Waals surface area contributed by atoms with Crippen molar-refractivity contribution < 1.29 is 13.6 Å². The highest BCUT2D eigenvalue weighted by molar-refractivity contribution is 6.33. The standard InChI is InChI=1S/C27H18ClFN2O2/c28-22-15-19(29)11-13-21(22)27-31-23-16-20(12-14-24(23)33-27)30-26(32)25(17-7-3-1-4-8-17)18-9-5-2-6-10-18/h1-16,25H,(H,30,32). The van der Waals surface area contributed by atoms with Crippen molar-refractivity contribution in [2.45, 2.75) is 5.92 Å². The molecule has 5 aromatic rings. The van der Waals surface area contributed by atoms with Crippen LogP contribution >= 0.6 is 11.6 Å². The summed E-state index contributed by atoms with van der Waals surface area (Å²) in [6.07, 6.45) is 0. The maximum atomic E-state index is 13.4. The molecule has 1 aromatic heterocycles. The van der Waals surface area contributed by atoms with E-state index in [4.69, 9.17) is 16.0 Å². The van der Waals surface area contributed by atoms with Crippen molar-refractivity contribution in [1.82, 2.24) is 4.98 Å². The van der Waals surface area contributed by atoms with Crippen molar-refractivity contribution >= 4 is 34.3 Å². The molecule has 1 amide bonds. The van der Waals surface area contributed by atoms with Crippen LogP contribution in [0.3, 0.4) is 0 Å². The maximum absolute atomic E-state index is 13.4. The Morgan fingerprint density at radius 1 is 0.879 bits per heavy atom. The number of fused-ring (bicyclic) bond motifs is 1. The van der Waals surface area contributed by atoms with Gasteiger partial charge in [0, 0.05) is 5.69 Å². The molecule has 0 bridgehead atoms. The lowest BCUT2D eigenvalue weighted by Gasteiger charge is -2.18. The highest BCUT2D eigenvalue weighted by Gasteiger charge is 2.23. The molecule has 0 saturated carbocycles. The second-order valence-corrected chi connectivity index (χ2v) is 7.98. The molecule has 0 aliphatic rings. The first-order valence-electron chi connectivity index (χ1n) is 10.4. The molecule has 33 heavy (non-hydrogen) atoms. The van der Waals surface area contributed by atoms with Crippen LogP contribution in [0.5, 0.6) is 0 Å². The zero-order chi connectivity index (χ0) is 22.8. The van der Waals surface area contributed by atoms with Crippen LogP contribution in [0.2, 0.25) is 5.02 Å². The van der Waals surface area contributed by atoms with Crippen molar-refractivity contribution in [1.29, 1.82) is 0 Å². The third-order valence-electron chi connectivity index (χ3n) is 5.34. The summed E-state index contributed by atoms with van der Waals surface area (Å²) in [5.41, 5.74) is 3.97. The van der Waals surface area contributed by atoms with E-state index in [-0.39, 0.29) is 16.8 Å². The molecule has 0 unspecified atom stereocenters. The number of hydrogen-bond acceptors (Lipinski definition) is 3. The molecular weight excluding hydrogens is 439 g/mol. The Kier molecular flexibility index (Phi) is 5.63. The number of benzene rings is 4. The highest BCUT2D eigenvalue weighted by atomic mass is 35.5. The predicted molar refractivity (Wildman–Crippen MR) is 128 cm³/mol. The van der Waals surface area contributed by atoms with Gasteiger partial charge in [0.2, 0.25) is 11.8 Å². The first-order valence-corrected chi connectivity index (χ1v) is 10.7. The van der Waals surface area contributed by atoms with Crippen molar-refractivity contribution in [3.05, 3.63) is 119 Å². The van der Waals surface area contributed by atoms with Gasteiger partial charge in [-0.3, -0.25) is 4.79 Å². The van der Waals surface area contributed by atoms with Gasteiger partial charge in [0.25, 0.3) is 0 Å². The Hall–Kier alpha value is -3.96. The predicted octanol–water partition coefficient (Wildman–Crippen LogP) is 7.06. The Morgan fingerprint density at radius 2 is 1.55 bits per heavy atom. The molecule has 0 aliphatic heterocycles. The van der Waals surface area contributed by atoms with Gasteiger partial charge < -0.3 is 9.73 Å².